The lowest BCUT2D eigenvalue weighted by Gasteiger charge is -2.00. The van der Waals surface area contributed by atoms with Crippen LogP contribution < -0.4 is 0 Å². The zero-order valence-electron chi connectivity index (χ0n) is 7.97. The number of aromatic nitrogens is 1. The van der Waals surface area contributed by atoms with Crippen LogP contribution in [0.1, 0.15) is 0 Å². The van der Waals surface area contributed by atoms with Crippen LogP contribution in [0.25, 0.3) is 22.0 Å². The molecule has 71 valence electrons. The number of hydrogen-bond acceptors (Lipinski definition) is 2. The number of rotatable bonds is 1. The summed E-state index contributed by atoms with van der Waals surface area (Å²) in [6.45, 7) is 0. The monoisotopic (exact) mass is 210 g/mol. The minimum atomic E-state index is 1.01. The summed E-state index contributed by atoms with van der Waals surface area (Å²) < 4.78 is 0. The molecule has 1 nitrogen and oxygen atoms in total. The quantitative estimate of drug-likeness (QED) is 0.596. The first kappa shape index (κ1) is 8.62. The van der Waals surface area contributed by atoms with Crippen LogP contribution in [0.2, 0.25) is 0 Å². The standard InChI is InChI=1S/C13H8NS/c1-2-4-11-7-12(6-5-10(11)3-1)13-8-15-9-14-13/h1-8H. The minimum absolute atomic E-state index is 1.01. The Balaban J connectivity index is 2.22. The van der Waals surface area contributed by atoms with Gasteiger partial charge in [0.15, 0.2) is 5.51 Å². The molecular formula is C13H8NS. The highest BCUT2D eigenvalue weighted by molar-refractivity contribution is 7.07. The van der Waals surface area contributed by atoms with Crippen molar-refractivity contribution < 1.29 is 0 Å². The number of hydrogen-bond donors (Lipinski definition) is 0. The fraction of sp³-hybridized carbons (Fsp3) is 0. The van der Waals surface area contributed by atoms with E-state index in [1.165, 1.54) is 22.1 Å². The maximum absolute atomic E-state index is 4.19. The Hall–Kier alpha value is -1.67. The smallest absolute Gasteiger partial charge is 0.152 e. The molecule has 0 saturated heterocycles. The number of nitrogens with zero attached hydrogens (tertiary/aromatic N) is 1. The van der Waals surface area contributed by atoms with E-state index in [0.717, 1.165) is 11.3 Å². The highest BCUT2D eigenvalue weighted by Crippen LogP contribution is 2.23. The average Bonchev–Trinajstić information content (AvgIpc) is 2.82. The lowest BCUT2D eigenvalue weighted by Crippen LogP contribution is -1.77. The Morgan fingerprint density at radius 3 is 2.67 bits per heavy atom. The first-order chi connectivity index (χ1) is 7.43. The van der Waals surface area contributed by atoms with Crippen LogP contribution in [0.4, 0.5) is 0 Å². The second kappa shape index (κ2) is 3.48. The van der Waals surface area contributed by atoms with Crippen molar-refractivity contribution >= 4 is 22.1 Å². The number of benzene rings is 2. The van der Waals surface area contributed by atoms with Gasteiger partial charge in [0.25, 0.3) is 0 Å². The molecule has 0 aliphatic rings. The highest BCUT2D eigenvalue weighted by Gasteiger charge is 2.00. The molecule has 1 heterocycles. The van der Waals surface area contributed by atoms with E-state index in [1.807, 2.05) is 5.38 Å². The molecule has 0 unspecified atom stereocenters. The topological polar surface area (TPSA) is 12.9 Å². The third-order valence-corrected chi connectivity index (χ3v) is 2.97. The first-order valence-electron chi connectivity index (χ1n) is 4.74. The van der Waals surface area contributed by atoms with Gasteiger partial charge in [0.1, 0.15) is 0 Å². The van der Waals surface area contributed by atoms with Gasteiger partial charge in [0, 0.05) is 10.9 Å². The normalized spacial score (nSPS) is 10.7. The lowest BCUT2D eigenvalue weighted by molar-refractivity contribution is 1.40. The van der Waals surface area contributed by atoms with Gasteiger partial charge in [-0.3, -0.25) is 0 Å². The maximum Gasteiger partial charge on any atom is 0.152 e. The van der Waals surface area contributed by atoms with Crippen LogP contribution in [-0.4, -0.2) is 4.98 Å². The Morgan fingerprint density at radius 2 is 1.87 bits per heavy atom. The van der Waals surface area contributed by atoms with Crippen LogP contribution in [0.5, 0.6) is 0 Å². The molecule has 0 spiro atoms. The van der Waals surface area contributed by atoms with E-state index in [4.69, 9.17) is 0 Å². The Kier molecular flexibility index (Phi) is 2.00. The zero-order valence-corrected chi connectivity index (χ0v) is 8.79. The summed E-state index contributed by atoms with van der Waals surface area (Å²) >= 11 is 1.50. The predicted molar refractivity (Wildman–Crippen MR) is 63.9 cm³/mol. The van der Waals surface area contributed by atoms with E-state index >= 15 is 0 Å². The van der Waals surface area contributed by atoms with Gasteiger partial charge >= 0.3 is 0 Å². The summed E-state index contributed by atoms with van der Waals surface area (Å²) in [7, 11) is 0. The van der Waals surface area contributed by atoms with E-state index < -0.39 is 0 Å². The van der Waals surface area contributed by atoms with E-state index in [1.54, 1.807) is 0 Å². The lowest BCUT2D eigenvalue weighted by atomic mass is 10.1. The maximum atomic E-state index is 4.19. The van der Waals surface area contributed by atoms with Gasteiger partial charge < -0.3 is 0 Å². The van der Waals surface area contributed by atoms with Gasteiger partial charge in [0.05, 0.1) is 5.69 Å². The summed E-state index contributed by atoms with van der Waals surface area (Å²) in [6.07, 6.45) is 0. The summed E-state index contributed by atoms with van der Waals surface area (Å²) in [5.41, 5.74) is 5.03. The third-order valence-electron chi connectivity index (χ3n) is 2.43. The van der Waals surface area contributed by atoms with Gasteiger partial charge in [0.2, 0.25) is 0 Å². The Morgan fingerprint density at radius 1 is 1.00 bits per heavy atom. The second-order valence-corrected chi connectivity index (χ2v) is 4.04. The molecule has 0 saturated carbocycles. The van der Waals surface area contributed by atoms with Crippen molar-refractivity contribution in [2.45, 2.75) is 0 Å². The average molecular weight is 210 g/mol. The van der Waals surface area contributed by atoms with Gasteiger partial charge in [-0.05, 0) is 16.8 Å². The fourth-order valence-electron chi connectivity index (χ4n) is 1.67. The SMILES string of the molecule is [c]1nc(-c2ccc3ccccc3c2)cs1. The zero-order chi connectivity index (χ0) is 10.1. The van der Waals surface area contributed by atoms with Gasteiger partial charge in [-0.1, -0.05) is 36.4 Å². The fourth-order valence-corrected chi connectivity index (χ4v) is 2.17. The molecule has 0 atom stereocenters. The molecule has 0 N–H and O–H groups in total. The third kappa shape index (κ3) is 1.53. The molecule has 3 rings (SSSR count). The molecule has 15 heavy (non-hydrogen) atoms. The Labute approximate surface area is 92.0 Å². The predicted octanol–water partition coefficient (Wildman–Crippen LogP) is 3.76. The molecule has 1 radical (unpaired) electrons. The summed E-state index contributed by atoms with van der Waals surface area (Å²) in [6, 6.07) is 14.7. The molecule has 0 aliphatic heterocycles. The highest BCUT2D eigenvalue weighted by atomic mass is 32.1. The van der Waals surface area contributed by atoms with Crippen molar-refractivity contribution in [3.8, 4) is 11.3 Å². The number of fused-ring (bicyclic) bond motifs is 1. The van der Waals surface area contributed by atoms with E-state index in [2.05, 4.69) is 53.0 Å². The number of thiazole rings is 1. The van der Waals surface area contributed by atoms with E-state index in [0.29, 0.717) is 0 Å². The molecule has 0 aliphatic carbocycles. The molecule has 3 aromatic rings. The van der Waals surface area contributed by atoms with Crippen LogP contribution in [0.15, 0.2) is 47.8 Å². The van der Waals surface area contributed by atoms with Crippen molar-refractivity contribution in [2.24, 2.45) is 0 Å². The van der Waals surface area contributed by atoms with E-state index in [9.17, 15) is 0 Å². The Bertz CT molecular complexity index is 584. The van der Waals surface area contributed by atoms with Crippen molar-refractivity contribution in [1.82, 2.24) is 4.98 Å². The molecule has 0 bridgehead atoms. The van der Waals surface area contributed by atoms with Crippen LogP contribution >= 0.6 is 11.3 Å². The van der Waals surface area contributed by atoms with Crippen molar-refractivity contribution in [1.29, 1.82) is 0 Å². The molecule has 2 heteroatoms. The minimum Gasteiger partial charge on any atom is -0.233 e. The summed E-state index contributed by atoms with van der Waals surface area (Å²) in [4.78, 5) is 4.19. The molecule has 0 fully saturated rings. The summed E-state index contributed by atoms with van der Waals surface area (Å²) in [5.74, 6) is 0. The molecule has 2 aromatic carbocycles. The van der Waals surface area contributed by atoms with Crippen LogP contribution in [0.3, 0.4) is 0 Å². The van der Waals surface area contributed by atoms with Gasteiger partial charge in [-0.15, -0.1) is 11.3 Å². The van der Waals surface area contributed by atoms with Crippen LogP contribution in [-0.2, 0) is 0 Å². The molecular weight excluding hydrogens is 202 g/mol. The van der Waals surface area contributed by atoms with E-state index in [-0.39, 0.29) is 0 Å². The van der Waals surface area contributed by atoms with Crippen molar-refractivity contribution in [3.63, 3.8) is 0 Å². The van der Waals surface area contributed by atoms with Gasteiger partial charge in [-0.25, -0.2) is 4.98 Å². The second-order valence-electron chi connectivity index (χ2n) is 3.39. The molecule has 0 amide bonds. The molecule has 1 aromatic heterocycles. The van der Waals surface area contributed by atoms with Crippen molar-refractivity contribution in [2.75, 3.05) is 0 Å². The van der Waals surface area contributed by atoms with Gasteiger partial charge in [-0.2, -0.15) is 0 Å². The van der Waals surface area contributed by atoms with Crippen molar-refractivity contribution in [3.05, 3.63) is 53.4 Å². The first-order valence-corrected chi connectivity index (χ1v) is 5.62. The summed E-state index contributed by atoms with van der Waals surface area (Å²) in [5, 5.41) is 4.54. The van der Waals surface area contributed by atoms with Crippen LogP contribution in [0, 0.1) is 5.51 Å². The largest absolute Gasteiger partial charge is 0.233 e.